The van der Waals surface area contributed by atoms with Crippen molar-refractivity contribution in [3.05, 3.63) is 51.6 Å². The summed E-state index contributed by atoms with van der Waals surface area (Å²) in [5.74, 6) is -0.355. The molecule has 1 aromatic carbocycles. The first-order valence-corrected chi connectivity index (χ1v) is 6.38. The van der Waals surface area contributed by atoms with E-state index < -0.39 is 0 Å². The fourth-order valence-electron chi connectivity index (χ4n) is 1.83. The number of hydrogen-bond acceptors (Lipinski definition) is 2. The van der Waals surface area contributed by atoms with E-state index in [4.69, 9.17) is 12.2 Å². The molecule has 0 bridgehead atoms. The smallest absolute Gasteiger partial charge is 0.184 e. The highest BCUT2D eigenvalue weighted by Gasteiger charge is 2.11. The van der Waals surface area contributed by atoms with Gasteiger partial charge in [-0.2, -0.15) is 0 Å². The van der Waals surface area contributed by atoms with Crippen LogP contribution in [0, 0.1) is 10.6 Å². The Bertz CT molecular complexity index is 793. The molecule has 0 unspecified atom stereocenters. The van der Waals surface area contributed by atoms with Gasteiger partial charge in [0.05, 0.1) is 11.2 Å². The minimum absolute atomic E-state index is 0.355. The molecular formula is C12H7BrFN3S. The second kappa shape index (κ2) is 4.29. The zero-order valence-electron chi connectivity index (χ0n) is 9.02. The predicted molar refractivity (Wildman–Crippen MR) is 73.9 cm³/mol. The van der Waals surface area contributed by atoms with Crippen molar-refractivity contribution >= 4 is 39.3 Å². The molecule has 2 heterocycles. The maximum absolute atomic E-state index is 14.0. The lowest BCUT2D eigenvalue weighted by Gasteiger charge is -2.05. The number of nitrogens with one attached hydrogen (secondary N) is 1. The molecule has 0 spiro atoms. The summed E-state index contributed by atoms with van der Waals surface area (Å²) in [4.78, 5) is 7.23. The Morgan fingerprint density at radius 3 is 2.94 bits per heavy atom. The normalized spacial score (nSPS) is 11.0. The summed E-state index contributed by atoms with van der Waals surface area (Å²) in [5.41, 5.74) is 1.78. The number of fused-ring (bicyclic) bond motifs is 1. The van der Waals surface area contributed by atoms with Gasteiger partial charge in [-0.3, -0.25) is 4.57 Å². The number of benzene rings is 1. The number of hydrogen-bond donors (Lipinski definition) is 1. The molecule has 0 atom stereocenters. The molecule has 2 aromatic heterocycles. The van der Waals surface area contributed by atoms with Crippen molar-refractivity contribution in [3.8, 4) is 5.69 Å². The quantitative estimate of drug-likeness (QED) is 0.687. The highest BCUT2D eigenvalue weighted by Crippen LogP contribution is 2.22. The molecule has 90 valence electrons. The van der Waals surface area contributed by atoms with E-state index in [2.05, 4.69) is 25.9 Å². The topological polar surface area (TPSA) is 33.6 Å². The minimum Gasteiger partial charge on any atom is -0.329 e. The van der Waals surface area contributed by atoms with Gasteiger partial charge in [0.25, 0.3) is 0 Å². The van der Waals surface area contributed by atoms with E-state index in [1.165, 1.54) is 6.07 Å². The van der Waals surface area contributed by atoms with Crippen LogP contribution in [-0.4, -0.2) is 14.5 Å². The van der Waals surface area contributed by atoms with Crippen LogP contribution in [0.15, 0.2) is 41.0 Å². The molecule has 3 rings (SSSR count). The van der Waals surface area contributed by atoms with Crippen LogP contribution >= 0.6 is 28.1 Å². The summed E-state index contributed by atoms with van der Waals surface area (Å²) in [6.45, 7) is 0. The van der Waals surface area contributed by atoms with Gasteiger partial charge in [-0.05, 0) is 42.5 Å². The highest BCUT2D eigenvalue weighted by molar-refractivity contribution is 9.10. The SMILES string of the molecule is Fc1cc(Br)ccc1-n1c(=S)[nH]c2cccnc21. The zero-order valence-corrected chi connectivity index (χ0v) is 11.4. The molecule has 0 saturated carbocycles. The van der Waals surface area contributed by atoms with Crippen LogP contribution in [0.3, 0.4) is 0 Å². The molecule has 0 amide bonds. The van der Waals surface area contributed by atoms with Crippen molar-refractivity contribution in [2.45, 2.75) is 0 Å². The molecular weight excluding hydrogens is 317 g/mol. The fraction of sp³-hybridized carbons (Fsp3) is 0. The van der Waals surface area contributed by atoms with E-state index in [0.29, 0.717) is 20.6 Å². The van der Waals surface area contributed by atoms with Gasteiger partial charge in [0.2, 0.25) is 0 Å². The lowest BCUT2D eigenvalue weighted by molar-refractivity contribution is 0.617. The monoisotopic (exact) mass is 323 g/mol. The molecule has 3 aromatic rings. The van der Waals surface area contributed by atoms with Crippen LogP contribution < -0.4 is 0 Å². The summed E-state index contributed by atoms with van der Waals surface area (Å²) in [5, 5.41) is 0. The van der Waals surface area contributed by atoms with Crippen molar-refractivity contribution in [2.24, 2.45) is 0 Å². The highest BCUT2D eigenvalue weighted by atomic mass is 79.9. The van der Waals surface area contributed by atoms with E-state index in [-0.39, 0.29) is 5.82 Å². The standard InChI is InChI=1S/C12H7BrFN3S/c13-7-3-4-10(8(14)6-7)17-11-9(16-12(17)18)2-1-5-15-11/h1-6H,(H,16,18). The molecule has 18 heavy (non-hydrogen) atoms. The van der Waals surface area contributed by atoms with E-state index in [1.807, 2.05) is 6.07 Å². The number of imidazole rings is 1. The van der Waals surface area contributed by atoms with Gasteiger partial charge < -0.3 is 4.98 Å². The summed E-state index contributed by atoms with van der Waals surface area (Å²) < 4.78 is 16.7. The maximum atomic E-state index is 14.0. The third-order valence-corrected chi connectivity index (χ3v) is 3.37. The summed E-state index contributed by atoms with van der Waals surface area (Å²) >= 11 is 8.45. The molecule has 0 aliphatic heterocycles. The van der Waals surface area contributed by atoms with E-state index in [0.717, 1.165) is 5.52 Å². The first kappa shape index (κ1) is 11.6. The second-order valence-electron chi connectivity index (χ2n) is 3.74. The van der Waals surface area contributed by atoms with Crippen LogP contribution in [-0.2, 0) is 0 Å². The third-order valence-electron chi connectivity index (χ3n) is 2.59. The molecule has 0 aliphatic carbocycles. The van der Waals surface area contributed by atoms with E-state index in [1.54, 1.807) is 29.0 Å². The number of aromatic amines is 1. The average molecular weight is 324 g/mol. The summed E-state index contributed by atoms with van der Waals surface area (Å²) in [7, 11) is 0. The van der Waals surface area contributed by atoms with Crippen molar-refractivity contribution in [2.75, 3.05) is 0 Å². The molecule has 6 heteroatoms. The average Bonchev–Trinajstić information content (AvgIpc) is 2.66. The minimum atomic E-state index is -0.355. The Hall–Kier alpha value is -1.53. The van der Waals surface area contributed by atoms with Gasteiger partial charge in [-0.25, -0.2) is 9.37 Å². The molecule has 0 fully saturated rings. The number of pyridine rings is 1. The second-order valence-corrected chi connectivity index (χ2v) is 5.04. The number of H-pyrrole nitrogens is 1. The van der Waals surface area contributed by atoms with Gasteiger partial charge >= 0.3 is 0 Å². The lowest BCUT2D eigenvalue weighted by atomic mass is 10.3. The Kier molecular flexibility index (Phi) is 2.76. The third kappa shape index (κ3) is 1.77. The summed E-state index contributed by atoms with van der Waals surface area (Å²) in [6.07, 6.45) is 1.65. The summed E-state index contributed by atoms with van der Waals surface area (Å²) in [6, 6.07) is 8.49. The lowest BCUT2D eigenvalue weighted by Crippen LogP contribution is -1.98. The van der Waals surface area contributed by atoms with Crippen LogP contribution in [0.4, 0.5) is 4.39 Å². The predicted octanol–water partition coefficient (Wildman–Crippen LogP) is 3.98. The molecule has 0 aliphatic rings. The van der Waals surface area contributed by atoms with Crippen molar-refractivity contribution in [3.63, 3.8) is 0 Å². The Balaban J connectivity index is 2.38. The molecule has 1 N–H and O–H groups in total. The van der Waals surface area contributed by atoms with Crippen LogP contribution in [0.25, 0.3) is 16.9 Å². The Morgan fingerprint density at radius 1 is 1.33 bits per heavy atom. The van der Waals surface area contributed by atoms with Crippen molar-refractivity contribution < 1.29 is 4.39 Å². The fourth-order valence-corrected chi connectivity index (χ4v) is 2.45. The largest absolute Gasteiger partial charge is 0.329 e. The molecule has 3 nitrogen and oxygen atoms in total. The van der Waals surface area contributed by atoms with Crippen molar-refractivity contribution in [1.82, 2.24) is 14.5 Å². The van der Waals surface area contributed by atoms with Gasteiger partial charge in [-0.1, -0.05) is 15.9 Å². The number of nitrogens with zero attached hydrogens (tertiary/aromatic N) is 2. The van der Waals surface area contributed by atoms with Gasteiger partial charge in [0.1, 0.15) is 5.82 Å². The zero-order chi connectivity index (χ0) is 12.7. The first-order chi connectivity index (χ1) is 8.66. The first-order valence-electron chi connectivity index (χ1n) is 5.18. The molecule has 0 radical (unpaired) electrons. The van der Waals surface area contributed by atoms with Crippen LogP contribution in [0.1, 0.15) is 0 Å². The van der Waals surface area contributed by atoms with Gasteiger partial charge in [-0.15, -0.1) is 0 Å². The number of halogens is 2. The van der Waals surface area contributed by atoms with E-state index >= 15 is 0 Å². The Labute approximate surface area is 115 Å². The van der Waals surface area contributed by atoms with Gasteiger partial charge in [0.15, 0.2) is 10.4 Å². The number of rotatable bonds is 1. The van der Waals surface area contributed by atoms with E-state index in [9.17, 15) is 4.39 Å². The van der Waals surface area contributed by atoms with Gasteiger partial charge in [0, 0.05) is 10.7 Å². The maximum Gasteiger partial charge on any atom is 0.184 e. The van der Waals surface area contributed by atoms with Crippen LogP contribution in [0.5, 0.6) is 0 Å². The van der Waals surface area contributed by atoms with Crippen LogP contribution in [0.2, 0.25) is 0 Å². The number of aromatic nitrogens is 3. The van der Waals surface area contributed by atoms with Crippen molar-refractivity contribution in [1.29, 1.82) is 0 Å². The Morgan fingerprint density at radius 2 is 2.17 bits per heavy atom. The molecule has 0 saturated heterocycles.